The Bertz CT molecular complexity index is 443. The molecule has 1 atom stereocenters. The molecule has 0 saturated heterocycles. The van der Waals surface area contributed by atoms with Crippen molar-refractivity contribution in [3.05, 3.63) is 30.5 Å². The number of aromatic nitrogens is 2. The number of carbonyl (C=O) groups is 1. The van der Waals surface area contributed by atoms with Crippen LogP contribution in [0.3, 0.4) is 0 Å². The van der Waals surface area contributed by atoms with E-state index in [2.05, 4.69) is 5.10 Å². The smallest absolute Gasteiger partial charge is 0.328 e. The minimum Gasteiger partial charge on any atom is -0.480 e. The minimum atomic E-state index is -0.877. The van der Waals surface area contributed by atoms with E-state index in [1.807, 2.05) is 24.3 Å². The molecule has 0 spiro atoms. The van der Waals surface area contributed by atoms with Gasteiger partial charge < -0.3 is 5.11 Å². The topological polar surface area (TPSA) is 55.1 Å². The van der Waals surface area contributed by atoms with Crippen LogP contribution in [0.15, 0.2) is 30.5 Å². The molecule has 0 unspecified atom stereocenters. The summed E-state index contributed by atoms with van der Waals surface area (Å²) in [7, 11) is 0. The molecule has 0 aliphatic heterocycles. The monoisotopic (exact) mass is 190 g/mol. The summed E-state index contributed by atoms with van der Waals surface area (Å²) in [4.78, 5) is 10.7. The molecule has 1 heterocycles. The summed E-state index contributed by atoms with van der Waals surface area (Å²) in [5, 5.41) is 13.9. The van der Waals surface area contributed by atoms with E-state index in [-0.39, 0.29) is 0 Å². The predicted octanol–water partition coefficient (Wildman–Crippen LogP) is 1.68. The summed E-state index contributed by atoms with van der Waals surface area (Å²) in [6, 6.07) is 6.93. The van der Waals surface area contributed by atoms with Gasteiger partial charge in [-0.2, -0.15) is 5.10 Å². The normalized spacial score (nSPS) is 12.9. The molecular weight excluding hydrogens is 180 g/mol. The van der Waals surface area contributed by atoms with E-state index in [1.165, 1.54) is 4.68 Å². The lowest BCUT2D eigenvalue weighted by molar-refractivity contribution is -0.140. The molecule has 0 aliphatic carbocycles. The van der Waals surface area contributed by atoms with Crippen LogP contribution in [0.2, 0.25) is 0 Å². The lowest BCUT2D eigenvalue weighted by atomic mass is 10.3. The van der Waals surface area contributed by atoms with Crippen LogP contribution in [-0.2, 0) is 4.79 Å². The van der Waals surface area contributed by atoms with Crippen LogP contribution in [0.1, 0.15) is 13.0 Å². The number of carboxylic acids is 1. The summed E-state index contributed by atoms with van der Waals surface area (Å²) in [6.45, 7) is 1.61. The highest BCUT2D eigenvalue weighted by Gasteiger charge is 2.14. The second kappa shape index (κ2) is 3.14. The first-order chi connectivity index (χ1) is 6.68. The van der Waals surface area contributed by atoms with Crippen LogP contribution in [0.25, 0.3) is 10.9 Å². The Kier molecular flexibility index (Phi) is 1.96. The molecule has 4 heteroatoms. The van der Waals surface area contributed by atoms with E-state index < -0.39 is 12.0 Å². The maximum Gasteiger partial charge on any atom is 0.328 e. The number of hydrogen-bond acceptors (Lipinski definition) is 2. The molecule has 1 aromatic carbocycles. The number of benzene rings is 1. The third kappa shape index (κ3) is 1.35. The Morgan fingerprint density at radius 1 is 1.50 bits per heavy atom. The van der Waals surface area contributed by atoms with Crippen molar-refractivity contribution in [3.8, 4) is 0 Å². The van der Waals surface area contributed by atoms with Gasteiger partial charge in [0.1, 0.15) is 6.04 Å². The highest BCUT2D eigenvalue weighted by molar-refractivity contribution is 5.79. The van der Waals surface area contributed by atoms with Gasteiger partial charge in [-0.15, -0.1) is 0 Å². The molecule has 1 N–H and O–H groups in total. The van der Waals surface area contributed by atoms with Crippen molar-refractivity contribution in [3.63, 3.8) is 0 Å². The van der Waals surface area contributed by atoms with E-state index in [4.69, 9.17) is 5.11 Å². The van der Waals surface area contributed by atoms with E-state index in [9.17, 15) is 4.79 Å². The Balaban J connectivity index is 2.50. The van der Waals surface area contributed by atoms with Crippen LogP contribution < -0.4 is 0 Å². The van der Waals surface area contributed by atoms with Gasteiger partial charge in [-0.25, -0.2) is 4.79 Å². The van der Waals surface area contributed by atoms with E-state index in [1.54, 1.807) is 13.1 Å². The molecule has 0 radical (unpaired) electrons. The second-order valence-electron chi connectivity index (χ2n) is 3.18. The van der Waals surface area contributed by atoms with Crippen LogP contribution in [0.5, 0.6) is 0 Å². The first kappa shape index (κ1) is 8.74. The number of hydrogen-bond donors (Lipinski definition) is 1. The Labute approximate surface area is 80.8 Å². The van der Waals surface area contributed by atoms with Gasteiger partial charge in [-0.1, -0.05) is 18.2 Å². The summed E-state index contributed by atoms with van der Waals surface area (Å²) < 4.78 is 1.47. The largest absolute Gasteiger partial charge is 0.480 e. The lowest BCUT2D eigenvalue weighted by Gasteiger charge is -2.04. The van der Waals surface area contributed by atoms with E-state index >= 15 is 0 Å². The SMILES string of the molecule is C[C@@H](C(=O)O)n1cc2ccccc2n1. The summed E-state index contributed by atoms with van der Waals surface area (Å²) in [5.41, 5.74) is 0.820. The average molecular weight is 190 g/mol. The third-order valence-corrected chi connectivity index (χ3v) is 2.19. The molecule has 2 aromatic rings. The molecule has 0 amide bonds. The zero-order valence-electron chi connectivity index (χ0n) is 7.71. The molecular formula is C10H10N2O2. The maximum atomic E-state index is 10.7. The van der Waals surface area contributed by atoms with Gasteiger partial charge >= 0.3 is 5.97 Å². The summed E-state index contributed by atoms with van der Waals surface area (Å²) in [6.07, 6.45) is 1.74. The first-order valence-corrected chi connectivity index (χ1v) is 4.35. The summed E-state index contributed by atoms with van der Waals surface area (Å²) >= 11 is 0. The minimum absolute atomic E-state index is 0.623. The molecule has 14 heavy (non-hydrogen) atoms. The Hall–Kier alpha value is -1.84. The van der Waals surface area contributed by atoms with E-state index in [0.29, 0.717) is 0 Å². The van der Waals surface area contributed by atoms with Gasteiger partial charge in [0.2, 0.25) is 0 Å². The van der Waals surface area contributed by atoms with Gasteiger partial charge in [-0.05, 0) is 13.0 Å². The molecule has 0 bridgehead atoms. The Morgan fingerprint density at radius 3 is 2.86 bits per heavy atom. The van der Waals surface area contributed by atoms with Gasteiger partial charge in [0.25, 0.3) is 0 Å². The average Bonchev–Trinajstić information content (AvgIpc) is 2.59. The third-order valence-electron chi connectivity index (χ3n) is 2.19. The van der Waals surface area contributed by atoms with Crippen molar-refractivity contribution < 1.29 is 9.90 Å². The second-order valence-corrected chi connectivity index (χ2v) is 3.18. The van der Waals surface area contributed by atoms with Crippen molar-refractivity contribution >= 4 is 16.9 Å². The van der Waals surface area contributed by atoms with Gasteiger partial charge in [0.05, 0.1) is 5.52 Å². The number of nitrogens with zero attached hydrogens (tertiary/aromatic N) is 2. The predicted molar refractivity (Wildman–Crippen MR) is 52.1 cm³/mol. The molecule has 0 fully saturated rings. The zero-order chi connectivity index (χ0) is 10.1. The molecule has 4 nitrogen and oxygen atoms in total. The molecule has 1 aromatic heterocycles. The highest BCUT2D eigenvalue weighted by atomic mass is 16.4. The molecule has 0 aliphatic rings. The fourth-order valence-electron chi connectivity index (χ4n) is 1.30. The number of aliphatic carboxylic acids is 1. The van der Waals surface area contributed by atoms with Crippen LogP contribution in [0.4, 0.5) is 0 Å². The van der Waals surface area contributed by atoms with Gasteiger partial charge in [-0.3, -0.25) is 4.68 Å². The fraction of sp³-hybridized carbons (Fsp3) is 0.200. The Morgan fingerprint density at radius 2 is 2.21 bits per heavy atom. The van der Waals surface area contributed by atoms with E-state index in [0.717, 1.165) is 10.9 Å². The molecule has 0 saturated carbocycles. The van der Waals surface area contributed by atoms with Crippen molar-refractivity contribution in [2.75, 3.05) is 0 Å². The van der Waals surface area contributed by atoms with Crippen molar-refractivity contribution in [2.45, 2.75) is 13.0 Å². The van der Waals surface area contributed by atoms with Crippen molar-refractivity contribution in [1.29, 1.82) is 0 Å². The van der Waals surface area contributed by atoms with Gasteiger partial charge in [0.15, 0.2) is 0 Å². The standard InChI is InChI=1S/C10H10N2O2/c1-7(10(13)14)12-6-8-4-2-3-5-9(8)11-12/h2-7H,1H3,(H,13,14)/t7-/m0/s1. The van der Waals surface area contributed by atoms with Crippen molar-refractivity contribution in [2.24, 2.45) is 0 Å². The van der Waals surface area contributed by atoms with Crippen LogP contribution in [-0.4, -0.2) is 20.9 Å². The van der Waals surface area contributed by atoms with Gasteiger partial charge in [0, 0.05) is 11.6 Å². The van der Waals surface area contributed by atoms with Crippen LogP contribution in [0, 0.1) is 0 Å². The molecule has 72 valence electrons. The zero-order valence-corrected chi connectivity index (χ0v) is 7.71. The number of fused-ring (bicyclic) bond motifs is 1. The number of rotatable bonds is 2. The van der Waals surface area contributed by atoms with Crippen molar-refractivity contribution in [1.82, 2.24) is 9.78 Å². The lowest BCUT2D eigenvalue weighted by Crippen LogP contribution is -2.15. The summed E-state index contributed by atoms with van der Waals surface area (Å²) in [5.74, 6) is -0.877. The quantitative estimate of drug-likeness (QED) is 0.783. The van der Waals surface area contributed by atoms with Crippen LogP contribution >= 0.6 is 0 Å². The number of carboxylic acid groups (broad SMARTS) is 1. The first-order valence-electron chi connectivity index (χ1n) is 4.35. The fourth-order valence-corrected chi connectivity index (χ4v) is 1.30. The highest BCUT2D eigenvalue weighted by Crippen LogP contribution is 2.14. The molecule has 2 rings (SSSR count). The maximum absolute atomic E-state index is 10.7.